The van der Waals surface area contributed by atoms with Crippen LogP contribution in [0, 0.1) is 12.7 Å². The molecular formula is C16H18FNS. The van der Waals surface area contributed by atoms with Gasteiger partial charge in [0.1, 0.15) is 5.82 Å². The van der Waals surface area contributed by atoms with Gasteiger partial charge in [0.05, 0.1) is 0 Å². The monoisotopic (exact) mass is 275 g/mol. The Hall–Kier alpha value is -1.32. The second-order valence-electron chi connectivity index (χ2n) is 4.72. The minimum atomic E-state index is -0.188. The number of hydrogen-bond acceptors (Lipinski definition) is 2. The number of benzene rings is 2. The molecule has 0 fully saturated rings. The Morgan fingerprint density at radius 2 is 1.95 bits per heavy atom. The maximum atomic E-state index is 13.9. The number of aryl methyl sites for hydroxylation is 1. The molecule has 0 aliphatic rings. The smallest absolute Gasteiger partial charge is 0.137 e. The normalized spacial score (nSPS) is 12.4. The predicted molar refractivity (Wildman–Crippen MR) is 79.7 cm³/mol. The molecular weight excluding hydrogens is 257 g/mol. The molecule has 0 aliphatic heterocycles. The predicted octanol–water partition coefficient (Wildman–Crippen LogP) is 4.45. The van der Waals surface area contributed by atoms with Crippen molar-refractivity contribution in [3.05, 3.63) is 65.0 Å². The molecule has 3 heteroatoms. The van der Waals surface area contributed by atoms with Gasteiger partial charge in [-0.25, -0.2) is 4.39 Å². The Labute approximate surface area is 118 Å². The molecule has 0 aliphatic carbocycles. The third-order valence-electron chi connectivity index (χ3n) is 2.95. The molecule has 2 N–H and O–H groups in total. The van der Waals surface area contributed by atoms with E-state index in [0.29, 0.717) is 4.90 Å². The van der Waals surface area contributed by atoms with Gasteiger partial charge in [-0.1, -0.05) is 42.0 Å². The van der Waals surface area contributed by atoms with Crippen LogP contribution in [-0.4, -0.2) is 0 Å². The molecule has 1 atom stereocenters. The van der Waals surface area contributed by atoms with Crippen LogP contribution < -0.4 is 5.73 Å². The number of nitrogens with two attached hydrogens (primary N) is 1. The number of halogens is 1. The number of hydrogen-bond donors (Lipinski definition) is 1. The first-order valence-electron chi connectivity index (χ1n) is 6.30. The topological polar surface area (TPSA) is 26.0 Å². The molecule has 2 rings (SSSR count). The van der Waals surface area contributed by atoms with Crippen LogP contribution in [0.5, 0.6) is 0 Å². The lowest BCUT2D eigenvalue weighted by atomic mass is 10.1. The first kappa shape index (κ1) is 14.1. The van der Waals surface area contributed by atoms with Crippen LogP contribution in [0.1, 0.15) is 29.7 Å². The Balaban J connectivity index is 2.19. The van der Waals surface area contributed by atoms with Gasteiger partial charge in [-0.15, -0.1) is 11.8 Å². The highest BCUT2D eigenvalue weighted by Gasteiger charge is 2.12. The Bertz CT molecular complexity index is 566. The van der Waals surface area contributed by atoms with E-state index in [1.165, 1.54) is 29.0 Å². The molecule has 0 aromatic heterocycles. The standard InChI is InChI=1S/C16H18FNS/c1-11-5-3-6-13(9-11)10-19-16-14(12(2)18)7-4-8-15(16)17/h3-9,12H,10,18H2,1-2H3. The molecule has 0 radical (unpaired) electrons. The molecule has 2 aromatic rings. The summed E-state index contributed by atoms with van der Waals surface area (Å²) in [6, 6.07) is 13.2. The maximum absolute atomic E-state index is 13.9. The maximum Gasteiger partial charge on any atom is 0.137 e. The SMILES string of the molecule is Cc1cccc(CSc2c(F)cccc2C(C)N)c1. The molecule has 0 heterocycles. The summed E-state index contributed by atoms with van der Waals surface area (Å²) in [5.41, 5.74) is 9.19. The largest absolute Gasteiger partial charge is 0.324 e. The van der Waals surface area contributed by atoms with E-state index >= 15 is 0 Å². The average molecular weight is 275 g/mol. The third kappa shape index (κ3) is 3.58. The zero-order valence-corrected chi connectivity index (χ0v) is 12.0. The zero-order valence-electron chi connectivity index (χ0n) is 11.2. The fourth-order valence-electron chi connectivity index (χ4n) is 1.99. The van der Waals surface area contributed by atoms with Gasteiger partial charge in [-0.3, -0.25) is 0 Å². The summed E-state index contributed by atoms with van der Waals surface area (Å²) < 4.78 is 13.9. The zero-order chi connectivity index (χ0) is 13.8. The minimum absolute atomic E-state index is 0.157. The summed E-state index contributed by atoms with van der Waals surface area (Å²) in [4.78, 5) is 0.666. The lowest BCUT2D eigenvalue weighted by molar-refractivity contribution is 0.591. The first-order chi connectivity index (χ1) is 9.08. The van der Waals surface area contributed by atoms with E-state index in [4.69, 9.17) is 5.73 Å². The van der Waals surface area contributed by atoms with Gasteiger partial charge in [-0.05, 0) is 31.0 Å². The van der Waals surface area contributed by atoms with Crippen molar-refractivity contribution in [2.45, 2.75) is 30.5 Å². The van der Waals surface area contributed by atoms with Crippen LogP contribution in [0.2, 0.25) is 0 Å². The minimum Gasteiger partial charge on any atom is -0.324 e. The van der Waals surface area contributed by atoms with E-state index in [0.717, 1.165) is 11.3 Å². The van der Waals surface area contributed by atoms with Crippen LogP contribution in [0.15, 0.2) is 47.4 Å². The quantitative estimate of drug-likeness (QED) is 0.834. The third-order valence-corrected chi connectivity index (χ3v) is 4.15. The second kappa shape index (κ2) is 6.22. The van der Waals surface area contributed by atoms with Crippen LogP contribution >= 0.6 is 11.8 Å². The second-order valence-corrected chi connectivity index (χ2v) is 5.71. The van der Waals surface area contributed by atoms with Gasteiger partial charge in [0.25, 0.3) is 0 Å². The fraction of sp³-hybridized carbons (Fsp3) is 0.250. The van der Waals surface area contributed by atoms with Gasteiger partial charge in [0.2, 0.25) is 0 Å². The van der Waals surface area contributed by atoms with Crippen molar-refractivity contribution in [1.29, 1.82) is 0 Å². The van der Waals surface area contributed by atoms with Crippen molar-refractivity contribution in [2.24, 2.45) is 5.73 Å². The summed E-state index contributed by atoms with van der Waals surface area (Å²) >= 11 is 1.51. The van der Waals surface area contributed by atoms with E-state index in [1.54, 1.807) is 6.07 Å². The van der Waals surface area contributed by atoms with Gasteiger partial charge >= 0.3 is 0 Å². The highest BCUT2D eigenvalue weighted by molar-refractivity contribution is 7.98. The summed E-state index contributed by atoms with van der Waals surface area (Å²) in [5.74, 6) is 0.565. The van der Waals surface area contributed by atoms with Crippen molar-refractivity contribution in [2.75, 3.05) is 0 Å². The van der Waals surface area contributed by atoms with Crippen LogP contribution in [0.25, 0.3) is 0 Å². The van der Waals surface area contributed by atoms with Gasteiger partial charge in [0.15, 0.2) is 0 Å². The molecule has 19 heavy (non-hydrogen) atoms. The van der Waals surface area contributed by atoms with E-state index in [-0.39, 0.29) is 11.9 Å². The highest BCUT2D eigenvalue weighted by atomic mass is 32.2. The molecule has 0 spiro atoms. The van der Waals surface area contributed by atoms with Gasteiger partial charge in [-0.2, -0.15) is 0 Å². The molecule has 0 amide bonds. The van der Waals surface area contributed by atoms with E-state index in [9.17, 15) is 4.39 Å². The van der Waals surface area contributed by atoms with Gasteiger partial charge < -0.3 is 5.73 Å². The molecule has 0 saturated carbocycles. The Morgan fingerprint density at radius 1 is 1.21 bits per heavy atom. The molecule has 2 aromatic carbocycles. The van der Waals surface area contributed by atoms with Crippen molar-refractivity contribution in [3.63, 3.8) is 0 Å². The summed E-state index contributed by atoms with van der Waals surface area (Å²) in [5, 5.41) is 0. The number of rotatable bonds is 4. The summed E-state index contributed by atoms with van der Waals surface area (Å²) in [6.07, 6.45) is 0. The fourth-order valence-corrected chi connectivity index (χ4v) is 3.11. The van der Waals surface area contributed by atoms with Gasteiger partial charge in [0, 0.05) is 16.7 Å². The summed E-state index contributed by atoms with van der Waals surface area (Å²) in [6.45, 7) is 3.94. The Kier molecular flexibility index (Phi) is 4.61. The molecule has 100 valence electrons. The lowest BCUT2D eigenvalue weighted by Crippen LogP contribution is -2.07. The first-order valence-corrected chi connectivity index (χ1v) is 7.29. The number of thioether (sulfide) groups is 1. The molecule has 1 nitrogen and oxygen atoms in total. The van der Waals surface area contributed by atoms with Crippen molar-refractivity contribution in [1.82, 2.24) is 0 Å². The molecule has 1 unspecified atom stereocenters. The van der Waals surface area contributed by atoms with E-state index in [2.05, 4.69) is 25.1 Å². The van der Waals surface area contributed by atoms with Crippen LogP contribution in [0.3, 0.4) is 0 Å². The highest BCUT2D eigenvalue weighted by Crippen LogP contribution is 2.31. The van der Waals surface area contributed by atoms with Crippen molar-refractivity contribution < 1.29 is 4.39 Å². The average Bonchev–Trinajstić information content (AvgIpc) is 2.37. The van der Waals surface area contributed by atoms with E-state index in [1.807, 2.05) is 19.1 Å². The van der Waals surface area contributed by atoms with E-state index < -0.39 is 0 Å². The molecule has 0 saturated heterocycles. The molecule has 0 bridgehead atoms. The van der Waals surface area contributed by atoms with Crippen LogP contribution in [-0.2, 0) is 5.75 Å². The van der Waals surface area contributed by atoms with Crippen molar-refractivity contribution in [3.8, 4) is 0 Å². The summed E-state index contributed by atoms with van der Waals surface area (Å²) in [7, 11) is 0. The van der Waals surface area contributed by atoms with Crippen LogP contribution in [0.4, 0.5) is 4.39 Å². The van der Waals surface area contributed by atoms with Crippen molar-refractivity contribution >= 4 is 11.8 Å². The lowest BCUT2D eigenvalue weighted by Gasteiger charge is -2.13. The Morgan fingerprint density at radius 3 is 2.63 bits per heavy atom.